The summed E-state index contributed by atoms with van der Waals surface area (Å²) in [5.74, 6) is 0.938. The van der Waals surface area contributed by atoms with Crippen molar-refractivity contribution in [3.05, 3.63) is 0 Å². The van der Waals surface area contributed by atoms with Gasteiger partial charge >= 0.3 is 39.5 Å². The highest BCUT2D eigenvalue weighted by atomic mass is 31.2. The molecule has 0 aliphatic carbocycles. The fraction of sp³-hybridized carbons (Fsp3) is 0.946. The minimum Gasteiger partial charge on any atom is -0.462 e. The highest BCUT2D eigenvalue weighted by molar-refractivity contribution is 7.47. The van der Waals surface area contributed by atoms with Gasteiger partial charge in [-0.1, -0.05) is 319 Å². The lowest BCUT2D eigenvalue weighted by atomic mass is 9.99. The molecule has 0 amide bonds. The van der Waals surface area contributed by atoms with Crippen LogP contribution in [0.3, 0.4) is 0 Å². The molecule has 0 aromatic carbocycles. The van der Waals surface area contributed by atoms with Crippen LogP contribution < -0.4 is 0 Å². The summed E-state index contributed by atoms with van der Waals surface area (Å²) in [5.41, 5.74) is 0. The van der Waals surface area contributed by atoms with E-state index in [1.807, 2.05) is 0 Å². The Morgan fingerprint density at radius 2 is 0.516 bits per heavy atom. The van der Waals surface area contributed by atoms with E-state index in [9.17, 15) is 43.2 Å². The smallest absolute Gasteiger partial charge is 0.462 e. The van der Waals surface area contributed by atoms with Crippen LogP contribution in [0.25, 0.3) is 0 Å². The number of carbonyl (C=O) groups is 4. The zero-order valence-electron chi connectivity index (χ0n) is 60.9. The van der Waals surface area contributed by atoms with Gasteiger partial charge in [0.25, 0.3) is 0 Å². The average molecular weight is 1370 g/mol. The minimum atomic E-state index is -4.95. The molecule has 0 fully saturated rings. The average Bonchev–Trinajstić information content (AvgIpc) is 2.71. The van der Waals surface area contributed by atoms with Crippen molar-refractivity contribution in [2.75, 3.05) is 39.6 Å². The van der Waals surface area contributed by atoms with Gasteiger partial charge in [0.05, 0.1) is 26.4 Å². The normalized spacial score (nSPS) is 15.1. The molecule has 0 rings (SSSR count). The third kappa shape index (κ3) is 64.5. The number of phosphoric ester groups is 2. The molecule has 8 atom stereocenters. The van der Waals surface area contributed by atoms with Crippen molar-refractivity contribution in [2.24, 2.45) is 23.7 Å². The third-order valence-electron chi connectivity index (χ3n) is 18.2. The second-order valence-corrected chi connectivity index (χ2v) is 30.8. The molecule has 5 unspecified atom stereocenters. The molecular weight excluding hydrogens is 1220 g/mol. The Balaban J connectivity index is 5.19. The van der Waals surface area contributed by atoms with Crippen LogP contribution in [0.4, 0.5) is 0 Å². The first-order chi connectivity index (χ1) is 44.7. The summed E-state index contributed by atoms with van der Waals surface area (Å²) in [6.45, 7) is 14.1. The fourth-order valence-electron chi connectivity index (χ4n) is 11.1. The summed E-state index contributed by atoms with van der Waals surface area (Å²) in [6.07, 6.45) is 47.3. The Hall–Kier alpha value is -1.94. The highest BCUT2D eigenvalue weighted by Crippen LogP contribution is 2.45. The van der Waals surface area contributed by atoms with Gasteiger partial charge in [-0.15, -0.1) is 0 Å². The van der Waals surface area contributed by atoms with Crippen LogP contribution in [0.1, 0.15) is 370 Å². The molecule has 0 saturated carbocycles. The van der Waals surface area contributed by atoms with E-state index in [0.29, 0.717) is 25.7 Å². The van der Waals surface area contributed by atoms with Crippen molar-refractivity contribution >= 4 is 39.5 Å². The lowest BCUT2D eigenvalue weighted by Gasteiger charge is -2.21. The van der Waals surface area contributed by atoms with E-state index < -0.39 is 97.5 Å². The number of ether oxygens (including phenoxy) is 4. The first-order valence-electron chi connectivity index (χ1n) is 38.3. The van der Waals surface area contributed by atoms with Gasteiger partial charge in [0.2, 0.25) is 0 Å². The molecule has 0 heterocycles. The van der Waals surface area contributed by atoms with E-state index in [-0.39, 0.29) is 25.7 Å². The lowest BCUT2D eigenvalue weighted by molar-refractivity contribution is -0.161. The summed E-state index contributed by atoms with van der Waals surface area (Å²) in [4.78, 5) is 72.7. The molecule has 17 nitrogen and oxygen atoms in total. The number of aliphatic hydroxyl groups is 1. The molecule has 93 heavy (non-hydrogen) atoms. The van der Waals surface area contributed by atoms with E-state index in [0.717, 1.165) is 120 Å². The van der Waals surface area contributed by atoms with E-state index in [1.54, 1.807) is 0 Å². The van der Waals surface area contributed by atoms with E-state index >= 15 is 0 Å². The maximum absolute atomic E-state index is 13.0. The van der Waals surface area contributed by atoms with Crippen molar-refractivity contribution in [3.8, 4) is 0 Å². The van der Waals surface area contributed by atoms with Gasteiger partial charge in [-0.05, 0) is 49.4 Å². The van der Waals surface area contributed by atoms with Crippen LogP contribution >= 0.6 is 15.6 Å². The van der Waals surface area contributed by atoms with E-state index in [2.05, 4.69) is 55.4 Å². The van der Waals surface area contributed by atoms with Gasteiger partial charge < -0.3 is 33.8 Å². The number of hydrogen-bond acceptors (Lipinski definition) is 15. The van der Waals surface area contributed by atoms with Gasteiger partial charge in [0.15, 0.2) is 12.2 Å². The predicted molar refractivity (Wildman–Crippen MR) is 377 cm³/mol. The largest absolute Gasteiger partial charge is 0.472 e. The lowest BCUT2D eigenvalue weighted by Crippen LogP contribution is -2.30. The summed E-state index contributed by atoms with van der Waals surface area (Å²) in [6, 6.07) is 0. The van der Waals surface area contributed by atoms with Gasteiger partial charge in [-0.2, -0.15) is 0 Å². The Labute approximate surface area is 568 Å². The molecular formula is C74H144O17P2. The van der Waals surface area contributed by atoms with Crippen LogP contribution in [0.15, 0.2) is 0 Å². The number of aliphatic hydroxyl groups excluding tert-OH is 1. The van der Waals surface area contributed by atoms with Gasteiger partial charge in [0, 0.05) is 25.7 Å². The molecule has 0 radical (unpaired) electrons. The molecule has 0 aliphatic heterocycles. The molecule has 0 aromatic rings. The van der Waals surface area contributed by atoms with Gasteiger partial charge in [-0.25, -0.2) is 9.13 Å². The van der Waals surface area contributed by atoms with Crippen molar-refractivity contribution in [3.63, 3.8) is 0 Å². The number of unbranched alkanes of at least 4 members (excludes halogenated alkanes) is 34. The van der Waals surface area contributed by atoms with Crippen molar-refractivity contribution in [1.29, 1.82) is 0 Å². The van der Waals surface area contributed by atoms with Crippen LogP contribution in [0.2, 0.25) is 0 Å². The Morgan fingerprint density at radius 1 is 0.301 bits per heavy atom. The first kappa shape index (κ1) is 91.1. The van der Waals surface area contributed by atoms with Gasteiger partial charge in [-0.3, -0.25) is 37.3 Å². The molecule has 0 aliphatic rings. The van der Waals surface area contributed by atoms with Crippen molar-refractivity contribution in [1.82, 2.24) is 0 Å². The summed E-state index contributed by atoms with van der Waals surface area (Å²) in [5, 5.41) is 10.6. The quantitative estimate of drug-likeness (QED) is 0.0222. The summed E-state index contributed by atoms with van der Waals surface area (Å²) < 4.78 is 68.4. The SMILES string of the molecule is CCC(C)CCCCCCCCCCCCC(=O)O[C@H](COC(=O)CCCCCCCCC(C)CC)COP(=O)(O)OC[C@H](O)COP(=O)(O)OC[C@@H](COC(=O)CCCCCCCCCCCCCCCCCCC(C)C)OC(=O)CCCCCCCCC(C)CC. The topological polar surface area (TPSA) is 237 Å². The molecule has 0 bridgehead atoms. The van der Waals surface area contributed by atoms with Crippen molar-refractivity contribution in [2.45, 2.75) is 388 Å². The van der Waals surface area contributed by atoms with E-state index in [4.69, 9.17) is 37.0 Å². The van der Waals surface area contributed by atoms with E-state index in [1.165, 1.54) is 167 Å². The third-order valence-corrected chi connectivity index (χ3v) is 20.1. The standard InChI is InChI=1S/C74H144O17P2/c1-9-65(6)51-43-35-27-23-20-21-25-29-40-48-56-73(78)90-69(61-85-72(77)55-47-39-32-30-36-44-52-66(7)10-2)62-88-92(80,81)86-58-68(75)59-87-93(82,83)89-63-70(91-74(79)57-49-41-33-31-37-45-53-67(8)11-3)60-84-71(76)54-46-38-28-24-19-17-15-13-12-14-16-18-22-26-34-42-50-64(4)5/h64-70,75H,9-63H2,1-8H3,(H,80,81)(H,82,83)/t65?,66?,67?,68-,69+,70+/m0/s1. The maximum Gasteiger partial charge on any atom is 0.472 e. The zero-order chi connectivity index (χ0) is 68.9. The molecule has 19 heteroatoms. The van der Waals surface area contributed by atoms with Crippen LogP contribution in [0, 0.1) is 23.7 Å². The van der Waals surface area contributed by atoms with Crippen LogP contribution in [0.5, 0.6) is 0 Å². The predicted octanol–water partition coefficient (Wildman–Crippen LogP) is 21.3. The van der Waals surface area contributed by atoms with Crippen LogP contribution in [-0.4, -0.2) is 96.7 Å². The molecule has 0 aromatic heterocycles. The highest BCUT2D eigenvalue weighted by Gasteiger charge is 2.30. The number of hydrogen-bond donors (Lipinski definition) is 3. The number of phosphoric acid groups is 2. The number of esters is 4. The summed E-state index contributed by atoms with van der Waals surface area (Å²) in [7, 11) is -9.91. The molecule has 0 saturated heterocycles. The van der Waals surface area contributed by atoms with Crippen molar-refractivity contribution < 1.29 is 80.2 Å². The minimum absolute atomic E-state index is 0.103. The number of rotatable bonds is 71. The molecule has 0 spiro atoms. The first-order valence-corrected chi connectivity index (χ1v) is 41.3. The Bertz CT molecular complexity index is 1840. The second kappa shape index (κ2) is 63.5. The second-order valence-electron chi connectivity index (χ2n) is 27.9. The molecule has 3 N–H and O–H groups in total. The molecule has 552 valence electrons. The fourth-order valence-corrected chi connectivity index (χ4v) is 12.7. The van der Waals surface area contributed by atoms with Crippen LogP contribution in [-0.2, 0) is 65.4 Å². The zero-order valence-corrected chi connectivity index (χ0v) is 62.7. The maximum atomic E-state index is 13.0. The summed E-state index contributed by atoms with van der Waals surface area (Å²) >= 11 is 0. The Kier molecular flexibility index (Phi) is 62.2. The van der Waals surface area contributed by atoms with Gasteiger partial charge in [0.1, 0.15) is 19.3 Å². The monoisotopic (exact) mass is 1370 g/mol. The Morgan fingerprint density at radius 3 is 0.763 bits per heavy atom. The number of carbonyl (C=O) groups excluding carboxylic acids is 4.